The fourth-order valence-electron chi connectivity index (χ4n) is 1.17. The van der Waals surface area contributed by atoms with Crippen LogP contribution in [0.3, 0.4) is 0 Å². The van der Waals surface area contributed by atoms with Crippen molar-refractivity contribution in [2.24, 2.45) is 0 Å². The zero-order valence-electron chi connectivity index (χ0n) is 10.2. The van der Waals surface area contributed by atoms with Crippen molar-refractivity contribution in [3.05, 3.63) is 29.3 Å². The number of nitrogens with one attached hydrogen (secondary N) is 1. The number of methoxy groups -OCH3 is 1. The van der Waals surface area contributed by atoms with Gasteiger partial charge in [-0.15, -0.1) is 11.6 Å². The second-order valence-electron chi connectivity index (χ2n) is 3.54. The molecular weight excluding hydrogens is 293 g/mol. The van der Waals surface area contributed by atoms with E-state index in [4.69, 9.17) is 27.9 Å². The maximum Gasteiger partial charge on any atom is 0.325 e. The highest BCUT2D eigenvalue weighted by atomic mass is 35.5. The highest BCUT2D eigenvalue weighted by Gasteiger charge is 2.16. The van der Waals surface area contributed by atoms with E-state index in [1.165, 1.54) is 7.11 Å². The fraction of sp³-hybridized carbons (Fsp3) is 0.333. The van der Waals surface area contributed by atoms with Crippen molar-refractivity contribution < 1.29 is 19.1 Å². The maximum atomic E-state index is 11.4. The Morgan fingerprint density at radius 1 is 1.42 bits per heavy atom. The number of amides is 1. The Morgan fingerprint density at radius 2 is 2.16 bits per heavy atom. The summed E-state index contributed by atoms with van der Waals surface area (Å²) in [5, 5.41) is 2.05. The van der Waals surface area contributed by atoms with Gasteiger partial charge in [-0.3, -0.25) is 9.59 Å². The summed E-state index contributed by atoms with van der Waals surface area (Å²) in [5.74, 6) is -0.509. The van der Waals surface area contributed by atoms with E-state index in [1.807, 2.05) is 0 Å². The molecule has 0 aliphatic carbocycles. The van der Waals surface area contributed by atoms with Crippen molar-refractivity contribution in [3.63, 3.8) is 0 Å². The number of hydrogen-bond donors (Lipinski definition) is 1. The van der Waals surface area contributed by atoms with E-state index in [0.29, 0.717) is 10.8 Å². The normalized spacial score (nSPS) is 11.5. The molecule has 1 aromatic rings. The number of esters is 1. The smallest absolute Gasteiger partial charge is 0.325 e. The number of rotatable bonds is 6. The van der Waals surface area contributed by atoms with Crippen molar-refractivity contribution in [1.29, 1.82) is 0 Å². The van der Waals surface area contributed by atoms with Crippen LogP contribution >= 0.6 is 23.2 Å². The first kappa shape index (κ1) is 15.6. The Hall–Kier alpha value is -1.46. The third-order valence-electron chi connectivity index (χ3n) is 2.10. The van der Waals surface area contributed by atoms with Gasteiger partial charge >= 0.3 is 5.97 Å². The van der Waals surface area contributed by atoms with Gasteiger partial charge in [0.05, 0.1) is 7.11 Å². The summed E-state index contributed by atoms with van der Waals surface area (Å²) < 4.78 is 9.63. The van der Waals surface area contributed by atoms with E-state index in [0.717, 1.165) is 0 Å². The number of benzene rings is 1. The van der Waals surface area contributed by atoms with Gasteiger partial charge in [0, 0.05) is 11.6 Å². The topological polar surface area (TPSA) is 64.6 Å². The van der Waals surface area contributed by atoms with Gasteiger partial charge in [-0.05, 0) is 18.2 Å². The van der Waals surface area contributed by atoms with Crippen LogP contribution in [0.2, 0.25) is 5.02 Å². The molecule has 7 heteroatoms. The fourth-order valence-corrected chi connectivity index (χ4v) is 1.52. The van der Waals surface area contributed by atoms with E-state index in [2.05, 4.69) is 10.1 Å². The molecule has 1 unspecified atom stereocenters. The van der Waals surface area contributed by atoms with E-state index in [1.54, 1.807) is 24.3 Å². The van der Waals surface area contributed by atoms with Gasteiger partial charge in [-0.2, -0.15) is 0 Å². The third-order valence-corrected chi connectivity index (χ3v) is 2.67. The Bertz CT molecular complexity index is 453. The Balaban J connectivity index is 2.30. The van der Waals surface area contributed by atoms with Crippen molar-refractivity contribution in [3.8, 4) is 5.75 Å². The molecule has 1 amide bonds. The number of carbonyl (C=O) groups excluding carboxylic acids is 2. The van der Waals surface area contributed by atoms with Crippen LogP contribution in [0, 0.1) is 0 Å². The molecule has 0 heterocycles. The van der Waals surface area contributed by atoms with Gasteiger partial charge in [0.25, 0.3) is 5.91 Å². The summed E-state index contributed by atoms with van der Waals surface area (Å²) in [6.07, 6.45) is 0. The predicted molar refractivity (Wildman–Crippen MR) is 71.6 cm³/mol. The molecule has 1 N–H and O–H groups in total. The van der Waals surface area contributed by atoms with Crippen LogP contribution in [-0.2, 0) is 14.3 Å². The lowest BCUT2D eigenvalue weighted by atomic mass is 10.3. The largest absolute Gasteiger partial charge is 0.484 e. The monoisotopic (exact) mass is 305 g/mol. The summed E-state index contributed by atoms with van der Waals surface area (Å²) >= 11 is 11.4. The van der Waals surface area contributed by atoms with Crippen molar-refractivity contribution in [2.75, 3.05) is 20.3 Å². The minimum Gasteiger partial charge on any atom is -0.484 e. The molecule has 1 aromatic carbocycles. The quantitative estimate of drug-likeness (QED) is 0.641. The van der Waals surface area contributed by atoms with Crippen LogP contribution in [0.1, 0.15) is 0 Å². The van der Waals surface area contributed by atoms with Crippen LogP contribution in [0.25, 0.3) is 0 Å². The van der Waals surface area contributed by atoms with Gasteiger partial charge < -0.3 is 14.8 Å². The highest BCUT2D eigenvalue weighted by molar-refractivity contribution is 6.30. The summed E-state index contributed by atoms with van der Waals surface area (Å²) in [6.45, 7) is -0.211. The second-order valence-corrected chi connectivity index (χ2v) is 4.50. The standard InChI is InChI=1S/C12H13Cl2NO4/c1-18-12(17)10(14)6-15-11(16)7-19-9-4-2-3-8(13)5-9/h2-5,10H,6-7H2,1H3,(H,15,16). The first-order valence-corrected chi connectivity index (χ1v) is 6.21. The average molecular weight is 306 g/mol. The van der Waals surface area contributed by atoms with Crippen molar-refractivity contribution in [2.45, 2.75) is 5.38 Å². The predicted octanol–water partition coefficient (Wildman–Crippen LogP) is 1.62. The van der Waals surface area contributed by atoms with Crippen LogP contribution in [-0.4, -0.2) is 37.5 Å². The van der Waals surface area contributed by atoms with Crippen LogP contribution in [0.4, 0.5) is 0 Å². The first-order chi connectivity index (χ1) is 9.02. The minimum absolute atomic E-state index is 0.0219. The van der Waals surface area contributed by atoms with Gasteiger partial charge in [-0.1, -0.05) is 17.7 Å². The lowest BCUT2D eigenvalue weighted by molar-refractivity contribution is -0.140. The molecule has 0 saturated heterocycles. The number of hydrogen-bond acceptors (Lipinski definition) is 4. The zero-order valence-corrected chi connectivity index (χ0v) is 11.7. The van der Waals surface area contributed by atoms with Crippen molar-refractivity contribution >= 4 is 35.1 Å². The van der Waals surface area contributed by atoms with E-state index in [9.17, 15) is 9.59 Å². The third kappa shape index (κ3) is 5.81. The molecular formula is C12H13Cl2NO4. The van der Waals surface area contributed by atoms with Gasteiger partial charge in [-0.25, -0.2) is 0 Å². The summed E-state index contributed by atoms with van der Waals surface area (Å²) in [5.41, 5.74) is 0. The van der Waals surface area contributed by atoms with Crippen LogP contribution in [0.5, 0.6) is 5.75 Å². The Kier molecular flexibility index (Phi) is 6.45. The Labute approximate surface area is 120 Å². The number of alkyl halides is 1. The molecule has 0 bridgehead atoms. The minimum atomic E-state index is -0.917. The number of halogens is 2. The van der Waals surface area contributed by atoms with Gasteiger partial charge in [0.15, 0.2) is 6.61 Å². The first-order valence-electron chi connectivity index (χ1n) is 5.40. The van der Waals surface area contributed by atoms with Gasteiger partial charge in [0.2, 0.25) is 0 Å². The molecule has 1 atom stereocenters. The maximum absolute atomic E-state index is 11.4. The lowest BCUT2D eigenvalue weighted by Gasteiger charge is -2.10. The molecule has 0 aliphatic rings. The number of ether oxygens (including phenoxy) is 2. The number of carbonyl (C=O) groups is 2. The molecule has 0 fully saturated rings. The molecule has 5 nitrogen and oxygen atoms in total. The molecule has 1 rings (SSSR count). The molecule has 0 aromatic heterocycles. The van der Waals surface area contributed by atoms with E-state index in [-0.39, 0.29) is 13.2 Å². The lowest BCUT2D eigenvalue weighted by Crippen LogP contribution is -2.36. The Morgan fingerprint density at radius 3 is 2.79 bits per heavy atom. The highest BCUT2D eigenvalue weighted by Crippen LogP contribution is 2.16. The molecule has 19 heavy (non-hydrogen) atoms. The van der Waals surface area contributed by atoms with E-state index >= 15 is 0 Å². The molecule has 0 spiro atoms. The molecule has 0 saturated carbocycles. The summed E-state index contributed by atoms with van der Waals surface area (Å²) in [6, 6.07) is 6.68. The molecule has 0 radical (unpaired) electrons. The average Bonchev–Trinajstić information content (AvgIpc) is 2.41. The van der Waals surface area contributed by atoms with Gasteiger partial charge in [0.1, 0.15) is 11.1 Å². The second kappa shape index (κ2) is 7.86. The SMILES string of the molecule is COC(=O)C(Cl)CNC(=O)COc1cccc(Cl)c1. The van der Waals surface area contributed by atoms with E-state index < -0.39 is 17.3 Å². The van der Waals surface area contributed by atoms with Crippen LogP contribution in [0.15, 0.2) is 24.3 Å². The van der Waals surface area contributed by atoms with Crippen LogP contribution < -0.4 is 10.1 Å². The summed E-state index contributed by atoms with van der Waals surface area (Å²) in [7, 11) is 1.22. The molecule has 0 aliphatic heterocycles. The summed E-state index contributed by atoms with van der Waals surface area (Å²) in [4.78, 5) is 22.4. The molecule has 104 valence electrons. The van der Waals surface area contributed by atoms with Crippen molar-refractivity contribution in [1.82, 2.24) is 5.32 Å². The zero-order chi connectivity index (χ0) is 14.3.